The van der Waals surface area contributed by atoms with E-state index in [4.69, 9.17) is 4.74 Å². The SMILES string of the molecule is Cc1ccccc1OCC(=O)NCc1ccc(C(O)c2ccsc2)s1. The van der Waals surface area contributed by atoms with Crippen LogP contribution in [0.25, 0.3) is 0 Å². The molecule has 0 radical (unpaired) electrons. The number of ether oxygens (including phenoxy) is 1. The number of benzene rings is 1. The number of aryl methyl sites for hydroxylation is 1. The highest BCUT2D eigenvalue weighted by Crippen LogP contribution is 2.29. The van der Waals surface area contributed by atoms with Gasteiger partial charge in [-0.15, -0.1) is 11.3 Å². The zero-order valence-electron chi connectivity index (χ0n) is 13.8. The molecule has 6 heteroatoms. The number of hydrogen-bond acceptors (Lipinski definition) is 5. The van der Waals surface area contributed by atoms with Gasteiger partial charge in [0, 0.05) is 9.75 Å². The Morgan fingerprint density at radius 1 is 1.24 bits per heavy atom. The molecule has 0 aliphatic heterocycles. The van der Waals surface area contributed by atoms with Gasteiger partial charge >= 0.3 is 0 Å². The topological polar surface area (TPSA) is 58.6 Å². The van der Waals surface area contributed by atoms with Gasteiger partial charge in [-0.05, 0) is 53.1 Å². The zero-order chi connectivity index (χ0) is 17.6. The lowest BCUT2D eigenvalue weighted by Gasteiger charge is -2.09. The van der Waals surface area contributed by atoms with E-state index < -0.39 is 6.10 Å². The van der Waals surface area contributed by atoms with E-state index in [1.54, 1.807) is 11.3 Å². The molecule has 0 bridgehead atoms. The third-order valence-corrected chi connectivity index (χ3v) is 5.56. The summed E-state index contributed by atoms with van der Waals surface area (Å²) in [4.78, 5) is 13.8. The van der Waals surface area contributed by atoms with Crippen LogP contribution < -0.4 is 10.1 Å². The van der Waals surface area contributed by atoms with Crippen LogP contribution in [0.2, 0.25) is 0 Å². The Bertz CT molecular complexity index is 827. The van der Waals surface area contributed by atoms with E-state index in [1.807, 2.05) is 60.1 Å². The first-order chi connectivity index (χ1) is 12.1. The Morgan fingerprint density at radius 3 is 2.84 bits per heavy atom. The van der Waals surface area contributed by atoms with Crippen LogP contribution >= 0.6 is 22.7 Å². The van der Waals surface area contributed by atoms with Gasteiger partial charge in [0.15, 0.2) is 6.61 Å². The number of aliphatic hydroxyl groups excluding tert-OH is 1. The van der Waals surface area contributed by atoms with Crippen molar-refractivity contribution < 1.29 is 14.6 Å². The van der Waals surface area contributed by atoms with Gasteiger partial charge in [-0.3, -0.25) is 4.79 Å². The summed E-state index contributed by atoms with van der Waals surface area (Å²) < 4.78 is 5.53. The maximum absolute atomic E-state index is 11.9. The maximum Gasteiger partial charge on any atom is 0.258 e. The summed E-state index contributed by atoms with van der Waals surface area (Å²) >= 11 is 3.06. The van der Waals surface area contributed by atoms with E-state index in [-0.39, 0.29) is 12.5 Å². The third kappa shape index (κ3) is 4.69. The molecule has 25 heavy (non-hydrogen) atoms. The smallest absolute Gasteiger partial charge is 0.258 e. The molecule has 4 nitrogen and oxygen atoms in total. The van der Waals surface area contributed by atoms with Crippen LogP contribution in [0, 0.1) is 6.92 Å². The number of amides is 1. The first kappa shape index (κ1) is 17.7. The average molecular weight is 373 g/mol. The molecule has 0 saturated heterocycles. The Labute approximate surface area is 154 Å². The quantitative estimate of drug-likeness (QED) is 0.660. The second-order valence-electron chi connectivity index (χ2n) is 5.59. The summed E-state index contributed by atoms with van der Waals surface area (Å²) in [6.45, 7) is 2.36. The fourth-order valence-corrected chi connectivity index (χ4v) is 3.98. The largest absolute Gasteiger partial charge is 0.484 e. The minimum atomic E-state index is -0.606. The van der Waals surface area contributed by atoms with Crippen LogP contribution in [0.15, 0.2) is 53.2 Å². The predicted molar refractivity (Wildman–Crippen MR) is 101 cm³/mol. The molecule has 130 valence electrons. The summed E-state index contributed by atoms with van der Waals surface area (Å²) in [5, 5.41) is 17.0. The van der Waals surface area contributed by atoms with E-state index in [2.05, 4.69) is 5.32 Å². The van der Waals surface area contributed by atoms with E-state index in [0.717, 1.165) is 26.6 Å². The molecular formula is C19H19NO3S2. The highest BCUT2D eigenvalue weighted by molar-refractivity contribution is 7.12. The lowest BCUT2D eigenvalue weighted by molar-refractivity contribution is -0.123. The minimum absolute atomic E-state index is 0.0133. The van der Waals surface area contributed by atoms with Gasteiger partial charge < -0.3 is 15.2 Å². The van der Waals surface area contributed by atoms with Crippen molar-refractivity contribution in [1.29, 1.82) is 0 Å². The molecule has 0 spiro atoms. The van der Waals surface area contributed by atoms with Gasteiger partial charge in [0.25, 0.3) is 5.91 Å². The molecule has 0 aliphatic carbocycles. The van der Waals surface area contributed by atoms with Crippen LogP contribution in [-0.2, 0) is 11.3 Å². The number of aliphatic hydroxyl groups is 1. The Hall–Kier alpha value is -2.15. The van der Waals surface area contributed by atoms with Crippen molar-refractivity contribution in [2.45, 2.75) is 19.6 Å². The van der Waals surface area contributed by atoms with Crippen LogP contribution in [0.4, 0.5) is 0 Å². The first-order valence-electron chi connectivity index (χ1n) is 7.87. The summed E-state index contributed by atoms with van der Waals surface area (Å²) in [7, 11) is 0. The van der Waals surface area contributed by atoms with Crippen molar-refractivity contribution in [3.63, 3.8) is 0 Å². The van der Waals surface area contributed by atoms with Crippen LogP contribution in [0.1, 0.15) is 27.0 Å². The van der Waals surface area contributed by atoms with Gasteiger partial charge in [0.2, 0.25) is 0 Å². The lowest BCUT2D eigenvalue weighted by Crippen LogP contribution is -2.28. The van der Waals surface area contributed by atoms with Crippen LogP contribution in [-0.4, -0.2) is 17.6 Å². The van der Waals surface area contributed by atoms with Gasteiger partial charge in [0.1, 0.15) is 11.9 Å². The van der Waals surface area contributed by atoms with Crippen molar-refractivity contribution in [3.05, 3.63) is 74.1 Å². The van der Waals surface area contributed by atoms with Gasteiger partial charge in [-0.1, -0.05) is 18.2 Å². The standard InChI is InChI=1S/C19H19NO3S2/c1-13-4-2-3-5-16(13)23-11-18(21)20-10-15-6-7-17(25-15)19(22)14-8-9-24-12-14/h2-9,12,19,22H,10-11H2,1H3,(H,20,21). The van der Waals surface area contributed by atoms with Gasteiger partial charge in [-0.25, -0.2) is 0 Å². The predicted octanol–water partition coefficient (Wildman–Crippen LogP) is 3.89. The highest BCUT2D eigenvalue weighted by Gasteiger charge is 2.13. The summed E-state index contributed by atoms with van der Waals surface area (Å²) in [6.07, 6.45) is -0.606. The maximum atomic E-state index is 11.9. The summed E-state index contributed by atoms with van der Waals surface area (Å²) in [5.74, 6) is 0.548. The number of para-hydroxylation sites is 1. The molecule has 1 aromatic carbocycles. The van der Waals surface area contributed by atoms with E-state index in [1.165, 1.54) is 11.3 Å². The van der Waals surface area contributed by atoms with Crippen molar-refractivity contribution >= 4 is 28.6 Å². The fraction of sp³-hybridized carbons (Fsp3) is 0.211. The molecule has 0 aliphatic rings. The van der Waals surface area contributed by atoms with Crippen molar-refractivity contribution in [1.82, 2.24) is 5.32 Å². The van der Waals surface area contributed by atoms with Crippen LogP contribution in [0.5, 0.6) is 5.75 Å². The molecule has 1 atom stereocenters. The molecule has 1 unspecified atom stereocenters. The molecule has 0 fully saturated rings. The molecule has 3 aromatic rings. The second-order valence-corrected chi connectivity index (χ2v) is 7.57. The average Bonchev–Trinajstić information content (AvgIpc) is 3.30. The van der Waals surface area contributed by atoms with E-state index in [9.17, 15) is 9.90 Å². The molecule has 1 amide bonds. The van der Waals surface area contributed by atoms with E-state index in [0.29, 0.717) is 6.54 Å². The third-order valence-electron chi connectivity index (χ3n) is 3.72. The lowest BCUT2D eigenvalue weighted by atomic mass is 10.2. The number of carbonyl (C=O) groups is 1. The van der Waals surface area contributed by atoms with Gasteiger partial charge in [0.05, 0.1) is 6.54 Å². The Kier molecular flexibility index (Phi) is 5.86. The molecule has 3 rings (SSSR count). The molecular weight excluding hydrogens is 354 g/mol. The van der Waals surface area contributed by atoms with Crippen molar-refractivity contribution in [3.8, 4) is 5.75 Å². The Balaban J connectivity index is 1.49. The molecule has 2 N–H and O–H groups in total. The molecule has 2 aromatic heterocycles. The minimum Gasteiger partial charge on any atom is -0.484 e. The summed E-state index contributed by atoms with van der Waals surface area (Å²) in [6, 6.07) is 13.3. The number of thiophene rings is 2. The number of rotatable bonds is 7. The normalized spacial score (nSPS) is 11.9. The highest BCUT2D eigenvalue weighted by atomic mass is 32.1. The number of nitrogens with one attached hydrogen (secondary N) is 1. The first-order valence-corrected chi connectivity index (χ1v) is 9.63. The Morgan fingerprint density at radius 2 is 2.08 bits per heavy atom. The summed E-state index contributed by atoms with van der Waals surface area (Å²) in [5.41, 5.74) is 1.90. The zero-order valence-corrected chi connectivity index (χ0v) is 15.4. The number of carbonyl (C=O) groups excluding carboxylic acids is 1. The van der Waals surface area contributed by atoms with Crippen molar-refractivity contribution in [2.24, 2.45) is 0 Å². The number of hydrogen-bond donors (Lipinski definition) is 2. The monoisotopic (exact) mass is 373 g/mol. The molecule has 0 saturated carbocycles. The van der Waals surface area contributed by atoms with Crippen molar-refractivity contribution in [2.75, 3.05) is 6.61 Å². The molecule has 2 heterocycles. The van der Waals surface area contributed by atoms with Gasteiger partial charge in [-0.2, -0.15) is 11.3 Å². The van der Waals surface area contributed by atoms with Crippen LogP contribution in [0.3, 0.4) is 0 Å². The van der Waals surface area contributed by atoms with E-state index >= 15 is 0 Å². The second kappa shape index (κ2) is 8.29. The fourth-order valence-electron chi connectivity index (χ4n) is 2.33.